The monoisotopic (exact) mass is 1240 g/mol. The third-order valence-electron chi connectivity index (χ3n) is 17.3. The number of carbonyl (C=O) groups is 3. The zero-order valence-electron chi connectivity index (χ0n) is 52.4. The average Bonchev–Trinajstić information content (AvgIpc) is 1.78. The van der Waals surface area contributed by atoms with Crippen LogP contribution in [-0.4, -0.2) is 201 Å². The highest BCUT2D eigenvalue weighted by Crippen LogP contribution is 2.41. The number of amides is 3. The van der Waals surface area contributed by atoms with Crippen LogP contribution in [-0.2, 0) is 31.2 Å². The van der Waals surface area contributed by atoms with Gasteiger partial charge in [-0.05, 0) is 121 Å². The van der Waals surface area contributed by atoms with Gasteiger partial charge in [0.1, 0.15) is 34.5 Å². The summed E-state index contributed by atoms with van der Waals surface area (Å²) in [4.78, 5) is 75.6. The molecule has 3 amide bonds. The molecule has 0 aliphatic carbocycles. The van der Waals surface area contributed by atoms with Crippen molar-refractivity contribution in [3.05, 3.63) is 126 Å². The number of benzene rings is 3. The fraction of sp³-hybridized carbons (Fsp3) is 0.477. The van der Waals surface area contributed by atoms with E-state index in [1.165, 1.54) is 24.3 Å². The number of fused-ring (bicyclic) bond motifs is 3. The molecule has 0 unspecified atom stereocenters. The maximum Gasteiger partial charge on any atom is 0.410 e. The second kappa shape index (κ2) is 24.8. The number of nitrogens with zero attached hydrogens (tertiary/aromatic N) is 12. The van der Waals surface area contributed by atoms with Crippen molar-refractivity contribution in [2.45, 2.75) is 114 Å². The Bertz CT molecular complexity index is 3890. The molecule has 0 radical (unpaired) electrons. The Morgan fingerprint density at radius 1 is 0.775 bits per heavy atom. The maximum atomic E-state index is 14.7. The minimum atomic E-state index is -3.91. The lowest BCUT2D eigenvalue weighted by Gasteiger charge is -2.48. The van der Waals surface area contributed by atoms with Gasteiger partial charge in [-0.1, -0.05) is 26.0 Å². The number of halogens is 2. The van der Waals surface area contributed by atoms with Crippen LogP contribution in [0.15, 0.2) is 96.4 Å². The molecule has 8 heterocycles. The van der Waals surface area contributed by atoms with Crippen LogP contribution in [0.4, 0.5) is 36.7 Å². The highest BCUT2D eigenvalue weighted by atomic mass is 32.2. The van der Waals surface area contributed by atoms with Crippen LogP contribution in [0.25, 0.3) is 21.8 Å². The van der Waals surface area contributed by atoms with Crippen molar-refractivity contribution in [3.8, 4) is 5.75 Å². The normalized spacial score (nSPS) is 19.7. The molecule has 4 aliphatic heterocycles. The zero-order chi connectivity index (χ0) is 63.3. The summed E-state index contributed by atoms with van der Waals surface area (Å²) in [5.41, 5.74) is 4.50. The predicted octanol–water partition coefficient (Wildman–Crippen LogP) is 8.46. The lowest BCUT2D eigenvalue weighted by atomic mass is 9.91. The summed E-state index contributed by atoms with van der Waals surface area (Å²) in [5.74, 6) is 0.170. The van der Waals surface area contributed by atoms with E-state index in [2.05, 4.69) is 70.8 Å². The van der Waals surface area contributed by atoms with Gasteiger partial charge in [-0.15, -0.1) is 0 Å². The van der Waals surface area contributed by atoms with E-state index in [1.807, 2.05) is 49.8 Å². The fourth-order valence-corrected chi connectivity index (χ4v) is 13.6. The Balaban J connectivity index is 0.696. The molecular weight excluding hydrogens is 1160 g/mol. The number of aromatic nitrogens is 6. The van der Waals surface area contributed by atoms with Crippen molar-refractivity contribution in [3.63, 3.8) is 0 Å². The summed E-state index contributed by atoms with van der Waals surface area (Å²) < 4.78 is 67.4. The van der Waals surface area contributed by atoms with E-state index < -0.39 is 32.1 Å². The van der Waals surface area contributed by atoms with Gasteiger partial charge >= 0.3 is 6.09 Å². The number of piperazine rings is 3. The Labute approximate surface area is 518 Å². The number of H-pyrrole nitrogens is 1. The second-order valence-electron chi connectivity index (χ2n) is 26.7. The largest absolute Gasteiger partial charge is 0.491 e. The van der Waals surface area contributed by atoms with Crippen LogP contribution >= 0.6 is 0 Å². The van der Waals surface area contributed by atoms with Crippen molar-refractivity contribution < 1.29 is 41.1 Å². The number of sulfone groups is 1. The number of hydrogen-bond donors (Lipinski definition) is 2. The molecule has 24 heteroatoms. The highest BCUT2D eigenvalue weighted by Gasteiger charge is 2.44. The molecule has 3 fully saturated rings. The smallest absolute Gasteiger partial charge is 0.410 e. The summed E-state index contributed by atoms with van der Waals surface area (Å²) in [6.45, 7) is 25.5. The first-order valence-electron chi connectivity index (χ1n) is 30.5. The van der Waals surface area contributed by atoms with Gasteiger partial charge in [0.2, 0.25) is 11.9 Å². The standard InChI is InChI=1S/C65H80F2N14O7S/c1-41-35-78(24-23-77(41)37-48-38-80(62(84)88-63(3,4)5)42(2)36-79(48)39-57(82)81-40-65(9,10)58-54(81)28-44(32-69-58)27-43-11-13-46(66)14-12-43)60(83)45-33-70-61(71-34-45)76-21-19-75(20-22-76)25-26-87-55-31-53-49(30-56(55)89(85,86)64(6,7)8)51(17-18-68-53)72-59-50-29-47(67)15-16-52(50)73-74-59/h11-18,28-34,41-42,48H,19-27,35-40H2,1-10H3,(H2,68,72,73,74)/t41-,42-,48+/m1/s1. The Kier molecular flexibility index (Phi) is 17.5. The topological polar surface area (TPSA) is 219 Å². The van der Waals surface area contributed by atoms with Gasteiger partial charge in [0.05, 0.1) is 45.0 Å². The van der Waals surface area contributed by atoms with Crippen molar-refractivity contribution in [1.82, 2.24) is 54.6 Å². The molecule has 4 aromatic heterocycles. The summed E-state index contributed by atoms with van der Waals surface area (Å²) >= 11 is 0. The minimum absolute atomic E-state index is 0.0361. The molecule has 7 aromatic rings. The number of anilines is 4. The number of pyridine rings is 2. The highest BCUT2D eigenvalue weighted by molar-refractivity contribution is 7.92. The minimum Gasteiger partial charge on any atom is -0.491 e. The van der Waals surface area contributed by atoms with E-state index in [9.17, 15) is 31.6 Å². The average molecular weight is 1240 g/mol. The molecule has 3 aromatic carbocycles. The van der Waals surface area contributed by atoms with Gasteiger partial charge in [0.15, 0.2) is 15.7 Å². The molecule has 89 heavy (non-hydrogen) atoms. The van der Waals surface area contributed by atoms with E-state index in [0.717, 1.165) is 22.5 Å². The van der Waals surface area contributed by atoms with Crippen molar-refractivity contribution in [2.75, 3.05) is 107 Å². The van der Waals surface area contributed by atoms with Gasteiger partial charge in [-0.25, -0.2) is 32.0 Å². The first kappa shape index (κ1) is 62.7. The number of carbonyl (C=O) groups excluding carboxylic acids is 3. The van der Waals surface area contributed by atoms with Crippen LogP contribution in [0, 0.1) is 11.6 Å². The third kappa shape index (κ3) is 13.7. The summed E-state index contributed by atoms with van der Waals surface area (Å²) in [7, 11) is -3.91. The Hall–Kier alpha value is -7.93. The first-order chi connectivity index (χ1) is 42.2. The number of aromatic amines is 1. The molecule has 0 saturated carbocycles. The molecule has 2 N–H and O–H groups in total. The number of rotatable bonds is 15. The van der Waals surface area contributed by atoms with Crippen molar-refractivity contribution >= 4 is 72.7 Å². The molecule has 3 atom stereocenters. The fourth-order valence-electron chi connectivity index (χ4n) is 12.3. The Morgan fingerprint density at radius 2 is 1.51 bits per heavy atom. The van der Waals surface area contributed by atoms with Crippen molar-refractivity contribution in [2.24, 2.45) is 0 Å². The van der Waals surface area contributed by atoms with Gasteiger partial charge in [0.25, 0.3) is 5.91 Å². The van der Waals surface area contributed by atoms with Crippen LogP contribution < -0.4 is 19.9 Å². The molecule has 0 bridgehead atoms. The molecule has 11 rings (SSSR count). The van der Waals surface area contributed by atoms with Gasteiger partial charge in [-0.2, -0.15) is 5.10 Å². The Morgan fingerprint density at radius 3 is 2.21 bits per heavy atom. The van der Waals surface area contributed by atoms with Crippen LogP contribution in [0.5, 0.6) is 5.75 Å². The number of hydrogen-bond acceptors (Lipinski definition) is 17. The molecule has 21 nitrogen and oxygen atoms in total. The summed E-state index contributed by atoms with van der Waals surface area (Å²) in [5, 5.41) is 11.6. The molecule has 3 saturated heterocycles. The summed E-state index contributed by atoms with van der Waals surface area (Å²) in [6, 6.07) is 17.2. The first-order valence-corrected chi connectivity index (χ1v) is 32.0. The van der Waals surface area contributed by atoms with Gasteiger partial charge < -0.3 is 34.4 Å². The predicted molar refractivity (Wildman–Crippen MR) is 338 cm³/mol. The van der Waals surface area contributed by atoms with E-state index in [1.54, 1.807) is 80.7 Å². The maximum absolute atomic E-state index is 14.7. The second-order valence-corrected chi connectivity index (χ2v) is 29.3. The van der Waals surface area contributed by atoms with Crippen molar-refractivity contribution in [1.29, 1.82) is 0 Å². The van der Waals surface area contributed by atoms with Gasteiger partial charge in [0, 0.05) is 144 Å². The van der Waals surface area contributed by atoms with Crippen LogP contribution in [0.1, 0.15) is 96.4 Å². The van der Waals surface area contributed by atoms with Crippen LogP contribution in [0.2, 0.25) is 0 Å². The van der Waals surface area contributed by atoms with E-state index >= 15 is 0 Å². The molecule has 0 spiro atoms. The molecular formula is C65H80F2N14O7S. The number of ether oxygens (including phenoxy) is 2. The SMILES string of the molecule is C[C@@H]1CN(C(=O)c2cnc(N3CCN(CCOc4cc5nccc(Nc6n[nH]c7ccc(F)cc67)c5cc4S(=O)(=O)C(C)(C)C)CC3)nc2)CCN1C[C@H]1CN(C(=O)OC(C)(C)C)[C@H](C)CN1CC(=O)N1CC(C)(C)c2ncc(Cc3ccc(F)cc3)cc21. The third-order valence-corrected chi connectivity index (χ3v) is 19.8. The van der Waals surface area contributed by atoms with Crippen LogP contribution in [0.3, 0.4) is 0 Å². The number of nitrogens with one attached hydrogen (secondary N) is 2. The molecule has 4 aliphatic rings. The summed E-state index contributed by atoms with van der Waals surface area (Å²) in [6.07, 6.45) is 6.78. The lowest BCUT2D eigenvalue weighted by molar-refractivity contribution is -0.121. The quantitative estimate of drug-likeness (QED) is 0.0983. The van der Waals surface area contributed by atoms with E-state index in [4.69, 9.17) is 14.5 Å². The van der Waals surface area contributed by atoms with E-state index in [0.29, 0.717) is 130 Å². The van der Waals surface area contributed by atoms with Gasteiger partial charge in [-0.3, -0.25) is 39.4 Å². The zero-order valence-corrected chi connectivity index (χ0v) is 53.2. The lowest BCUT2D eigenvalue weighted by Crippen LogP contribution is -2.65. The van der Waals surface area contributed by atoms with E-state index in [-0.39, 0.29) is 65.0 Å². The molecule has 472 valence electrons.